The molecular formula is C16H18N2O4. The van der Waals surface area contributed by atoms with Crippen LogP contribution in [0.25, 0.3) is 10.8 Å². The number of esters is 1. The molecule has 0 spiro atoms. The standard InChI is InChI=1S/C16H18N2O4/c1-16(9-22-10-16)8-18-15(20)12-6-4-3-5-11(12)13(17-18)7-14(19)21-2/h3-6H,7-10H2,1-2H3. The molecule has 0 radical (unpaired) electrons. The first-order chi connectivity index (χ1) is 10.5. The van der Waals surface area contributed by atoms with Crippen molar-refractivity contribution in [3.63, 3.8) is 0 Å². The Bertz CT molecular complexity index is 777. The van der Waals surface area contributed by atoms with Crippen LogP contribution in [0.1, 0.15) is 12.6 Å². The number of methoxy groups -OCH3 is 1. The van der Waals surface area contributed by atoms with E-state index in [0.29, 0.717) is 36.2 Å². The highest BCUT2D eigenvalue weighted by Gasteiger charge is 2.34. The summed E-state index contributed by atoms with van der Waals surface area (Å²) in [6, 6.07) is 7.20. The number of hydrogen-bond donors (Lipinski definition) is 0. The molecule has 1 fully saturated rings. The van der Waals surface area contributed by atoms with Gasteiger partial charge in [-0.3, -0.25) is 9.59 Å². The Kier molecular flexibility index (Phi) is 3.70. The van der Waals surface area contributed by atoms with Crippen LogP contribution >= 0.6 is 0 Å². The highest BCUT2D eigenvalue weighted by molar-refractivity contribution is 5.86. The summed E-state index contributed by atoms with van der Waals surface area (Å²) in [5, 5.41) is 5.67. The number of hydrogen-bond acceptors (Lipinski definition) is 5. The Labute approximate surface area is 127 Å². The predicted molar refractivity (Wildman–Crippen MR) is 80.6 cm³/mol. The van der Waals surface area contributed by atoms with Gasteiger partial charge in [-0.2, -0.15) is 5.10 Å². The van der Waals surface area contributed by atoms with E-state index in [4.69, 9.17) is 9.47 Å². The summed E-state index contributed by atoms with van der Waals surface area (Å²) >= 11 is 0. The largest absolute Gasteiger partial charge is 0.469 e. The van der Waals surface area contributed by atoms with E-state index in [1.54, 1.807) is 12.1 Å². The summed E-state index contributed by atoms with van der Waals surface area (Å²) in [4.78, 5) is 24.2. The minimum atomic E-state index is -0.374. The average Bonchev–Trinajstić information content (AvgIpc) is 2.50. The van der Waals surface area contributed by atoms with Gasteiger partial charge in [-0.05, 0) is 6.07 Å². The molecule has 1 aliphatic rings. The highest BCUT2D eigenvalue weighted by atomic mass is 16.5. The molecule has 22 heavy (non-hydrogen) atoms. The van der Waals surface area contributed by atoms with Crippen molar-refractivity contribution in [1.29, 1.82) is 0 Å². The maximum Gasteiger partial charge on any atom is 0.311 e. The lowest BCUT2D eigenvalue weighted by atomic mass is 9.89. The summed E-state index contributed by atoms with van der Waals surface area (Å²) < 4.78 is 11.4. The number of fused-ring (bicyclic) bond motifs is 1. The van der Waals surface area contributed by atoms with Crippen molar-refractivity contribution in [2.24, 2.45) is 5.41 Å². The van der Waals surface area contributed by atoms with Crippen LogP contribution in [0.2, 0.25) is 0 Å². The molecule has 0 unspecified atom stereocenters. The quantitative estimate of drug-likeness (QED) is 0.792. The van der Waals surface area contributed by atoms with Crippen molar-refractivity contribution in [2.45, 2.75) is 19.9 Å². The molecule has 6 heteroatoms. The van der Waals surface area contributed by atoms with Gasteiger partial charge in [0.15, 0.2) is 0 Å². The van der Waals surface area contributed by atoms with Crippen LogP contribution < -0.4 is 5.56 Å². The highest BCUT2D eigenvalue weighted by Crippen LogP contribution is 2.28. The molecule has 3 rings (SSSR count). The molecule has 2 aromatic rings. The van der Waals surface area contributed by atoms with Gasteiger partial charge in [-0.15, -0.1) is 0 Å². The zero-order valence-electron chi connectivity index (χ0n) is 12.7. The van der Waals surface area contributed by atoms with Gasteiger partial charge in [0.25, 0.3) is 5.56 Å². The van der Waals surface area contributed by atoms with Crippen molar-refractivity contribution in [3.05, 3.63) is 40.3 Å². The lowest BCUT2D eigenvalue weighted by Gasteiger charge is -2.37. The number of rotatable bonds is 4. The van der Waals surface area contributed by atoms with Crippen molar-refractivity contribution in [1.82, 2.24) is 9.78 Å². The summed E-state index contributed by atoms with van der Waals surface area (Å²) in [5.41, 5.74) is 0.338. The Hall–Kier alpha value is -2.21. The minimum absolute atomic E-state index is 0.0461. The average molecular weight is 302 g/mol. The lowest BCUT2D eigenvalue weighted by molar-refractivity contribution is -0.139. The van der Waals surface area contributed by atoms with Crippen LogP contribution in [0.3, 0.4) is 0 Å². The fraction of sp³-hybridized carbons (Fsp3) is 0.438. The van der Waals surface area contributed by atoms with Crippen molar-refractivity contribution < 1.29 is 14.3 Å². The number of aromatic nitrogens is 2. The van der Waals surface area contributed by atoms with Gasteiger partial charge in [0.2, 0.25) is 0 Å². The maximum atomic E-state index is 12.6. The zero-order chi connectivity index (χ0) is 15.7. The third-order valence-electron chi connectivity index (χ3n) is 3.92. The number of benzene rings is 1. The molecule has 0 bridgehead atoms. The molecule has 1 aromatic carbocycles. The molecule has 0 atom stereocenters. The molecule has 116 valence electrons. The molecule has 2 heterocycles. The van der Waals surface area contributed by atoms with Crippen LogP contribution in [0.15, 0.2) is 29.1 Å². The second-order valence-corrected chi connectivity index (χ2v) is 6.01. The van der Waals surface area contributed by atoms with Crippen molar-refractivity contribution in [2.75, 3.05) is 20.3 Å². The Morgan fingerprint density at radius 3 is 2.64 bits per heavy atom. The van der Waals surface area contributed by atoms with Gasteiger partial charge in [0.05, 0.1) is 44.4 Å². The van der Waals surface area contributed by atoms with Crippen LogP contribution in [0.5, 0.6) is 0 Å². The second kappa shape index (κ2) is 5.53. The lowest BCUT2D eigenvalue weighted by Crippen LogP contribution is -2.45. The van der Waals surface area contributed by atoms with Crippen LogP contribution in [-0.4, -0.2) is 36.1 Å². The maximum absolute atomic E-state index is 12.6. The van der Waals surface area contributed by atoms with Crippen molar-refractivity contribution in [3.8, 4) is 0 Å². The molecule has 6 nitrogen and oxygen atoms in total. The van der Waals surface area contributed by atoms with E-state index in [9.17, 15) is 9.59 Å². The summed E-state index contributed by atoms with van der Waals surface area (Å²) in [6.45, 7) is 3.76. The molecule has 0 N–H and O–H groups in total. The van der Waals surface area contributed by atoms with Gasteiger partial charge in [-0.25, -0.2) is 4.68 Å². The van der Waals surface area contributed by atoms with Crippen LogP contribution in [-0.2, 0) is 27.2 Å². The van der Waals surface area contributed by atoms with E-state index in [1.165, 1.54) is 11.8 Å². The predicted octanol–water partition coefficient (Wildman–Crippen LogP) is 1.15. The third kappa shape index (κ3) is 2.62. The van der Waals surface area contributed by atoms with Gasteiger partial charge in [-0.1, -0.05) is 25.1 Å². The fourth-order valence-corrected chi connectivity index (χ4v) is 2.66. The Balaban J connectivity index is 2.10. The summed E-state index contributed by atoms with van der Waals surface area (Å²) in [6.07, 6.45) is 0.0461. The van der Waals surface area contributed by atoms with Gasteiger partial charge in [0, 0.05) is 10.8 Å². The molecule has 0 aliphatic carbocycles. The number of ether oxygens (including phenoxy) is 2. The topological polar surface area (TPSA) is 70.4 Å². The normalized spacial score (nSPS) is 16.3. The Morgan fingerprint density at radius 2 is 2.05 bits per heavy atom. The van der Waals surface area contributed by atoms with Crippen molar-refractivity contribution >= 4 is 16.7 Å². The second-order valence-electron chi connectivity index (χ2n) is 6.01. The monoisotopic (exact) mass is 302 g/mol. The first-order valence-electron chi connectivity index (χ1n) is 7.16. The van der Waals surface area contributed by atoms with E-state index in [1.807, 2.05) is 12.1 Å². The number of carbonyl (C=O) groups excluding carboxylic acids is 1. The van der Waals surface area contributed by atoms with Gasteiger partial charge < -0.3 is 9.47 Å². The van der Waals surface area contributed by atoms with Crippen LogP contribution in [0.4, 0.5) is 0 Å². The Morgan fingerprint density at radius 1 is 1.36 bits per heavy atom. The molecule has 0 saturated carbocycles. The first-order valence-corrected chi connectivity index (χ1v) is 7.16. The number of nitrogens with zero attached hydrogens (tertiary/aromatic N) is 2. The van der Waals surface area contributed by atoms with Gasteiger partial charge >= 0.3 is 5.97 Å². The zero-order valence-corrected chi connectivity index (χ0v) is 12.7. The molecule has 1 saturated heterocycles. The van der Waals surface area contributed by atoms with E-state index in [2.05, 4.69) is 12.0 Å². The minimum Gasteiger partial charge on any atom is -0.469 e. The van der Waals surface area contributed by atoms with E-state index in [-0.39, 0.29) is 23.4 Å². The molecular weight excluding hydrogens is 284 g/mol. The number of carbonyl (C=O) groups is 1. The van der Waals surface area contributed by atoms with Gasteiger partial charge in [0.1, 0.15) is 0 Å². The first kappa shape index (κ1) is 14.7. The molecule has 0 amide bonds. The SMILES string of the molecule is COC(=O)Cc1nn(CC2(C)COC2)c(=O)c2ccccc12. The smallest absolute Gasteiger partial charge is 0.311 e. The third-order valence-corrected chi connectivity index (χ3v) is 3.92. The van der Waals surface area contributed by atoms with E-state index < -0.39 is 0 Å². The molecule has 1 aliphatic heterocycles. The summed E-state index contributed by atoms with van der Waals surface area (Å²) in [5.74, 6) is -0.374. The summed E-state index contributed by atoms with van der Waals surface area (Å²) in [7, 11) is 1.34. The van der Waals surface area contributed by atoms with E-state index >= 15 is 0 Å². The molecule has 1 aromatic heterocycles. The van der Waals surface area contributed by atoms with Crippen LogP contribution in [0, 0.1) is 5.41 Å². The fourth-order valence-electron chi connectivity index (χ4n) is 2.66. The van der Waals surface area contributed by atoms with E-state index in [0.717, 1.165) is 0 Å².